The van der Waals surface area contributed by atoms with Crippen LogP contribution in [0.2, 0.25) is 0 Å². The Bertz CT molecular complexity index is 245. The third kappa shape index (κ3) is 3.64. The monoisotopic (exact) mass is 200 g/mol. The van der Waals surface area contributed by atoms with Crippen molar-refractivity contribution in [3.05, 3.63) is 0 Å². The topological polar surface area (TPSA) is 67.4 Å². The minimum atomic E-state index is -0.500. The zero-order valence-corrected chi connectivity index (χ0v) is 8.72. The molecule has 80 valence electrons. The number of amides is 2. The molecule has 5 nitrogen and oxygen atoms in total. The van der Waals surface area contributed by atoms with Crippen molar-refractivity contribution < 1.29 is 14.3 Å². The Morgan fingerprint density at radius 3 is 2.64 bits per heavy atom. The first-order chi connectivity index (χ1) is 6.37. The number of carbonyl (C=O) groups excluding carboxylic acids is 2. The highest BCUT2D eigenvalue weighted by atomic mass is 16.6. The molecule has 1 saturated heterocycles. The summed E-state index contributed by atoms with van der Waals surface area (Å²) in [5.41, 5.74) is -0.500. The first-order valence-electron chi connectivity index (χ1n) is 4.63. The second-order valence-electron chi connectivity index (χ2n) is 4.35. The van der Waals surface area contributed by atoms with Crippen molar-refractivity contribution in [3.8, 4) is 0 Å². The van der Waals surface area contributed by atoms with Gasteiger partial charge in [-0.25, -0.2) is 4.79 Å². The van der Waals surface area contributed by atoms with Gasteiger partial charge in [-0.2, -0.15) is 0 Å². The fourth-order valence-corrected chi connectivity index (χ4v) is 1.18. The van der Waals surface area contributed by atoms with Crippen LogP contribution in [0, 0.1) is 0 Å². The molecule has 0 unspecified atom stereocenters. The van der Waals surface area contributed by atoms with Crippen LogP contribution in [0.25, 0.3) is 0 Å². The van der Waals surface area contributed by atoms with Crippen LogP contribution in [-0.4, -0.2) is 30.2 Å². The Kier molecular flexibility index (Phi) is 2.98. The van der Waals surface area contributed by atoms with E-state index >= 15 is 0 Å². The maximum atomic E-state index is 11.2. The molecule has 0 aliphatic carbocycles. The van der Waals surface area contributed by atoms with E-state index < -0.39 is 11.7 Å². The Labute approximate surface area is 83.2 Å². The van der Waals surface area contributed by atoms with Crippen molar-refractivity contribution >= 4 is 12.0 Å². The third-order valence-corrected chi connectivity index (χ3v) is 1.70. The van der Waals surface area contributed by atoms with Crippen molar-refractivity contribution in [2.24, 2.45) is 0 Å². The van der Waals surface area contributed by atoms with Crippen molar-refractivity contribution in [3.63, 3.8) is 0 Å². The molecule has 1 rings (SSSR count). The zero-order chi connectivity index (χ0) is 10.8. The summed E-state index contributed by atoms with van der Waals surface area (Å²) in [7, 11) is 0. The van der Waals surface area contributed by atoms with Gasteiger partial charge in [-0.15, -0.1) is 0 Å². The Balaban J connectivity index is 2.31. The van der Waals surface area contributed by atoms with E-state index in [-0.39, 0.29) is 11.9 Å². The van der Waals surface area contributed by atoms with Gasteiger partial charge in [0.15, 0.2) is 0 Å². The van der Waals surface area contributed by atoms with Gasteiger partial charge in [-0.3, -0.25) is 4.79 Å². The fraction of sp³-hybridized carbons (Fsp3) is 0.778. The molecule has 14 heavy (non-hydrogen) atoms. The maximum Gasteiger partial charge on any atom is 0.407 e. The fourth-order valence-electron chi connectivity index (χ4n) is 1.18. The zero-order valence-electron chi connectivity index (χ0n) is 8.72. The average molecular weight is 200 g/mol. The first kappa shape index (κ1) is 10.8. The van der Waals surface area contributed by atoms with Gasteiger partial charge in [0, 0.05) is 13.0 Å². The lowest BCUT2D eigenvalue weighted by atomic mass is 10.2. The van der Waals surface area contributed by atoms with Crippen LogP contribution >= 0.6 is 0 Å². The predicted molar refractivity (Wildman–Crippen MR) is 50.8 cm³/mol. The van der Waals surface area contributed by atoms with Crippen molar-refractivity contribution in [2.45, 2.75) is 38.8 Å². The number of carbonyl (C=O) groups is 2. The van der Waals surface area contributed by atoms with Crippen LogP contribution in [-0.2, 0) is 9.53 Å². The Hall–Kier alpha value is -1.26. The van der Waals surface area contributed by atoms with Gasteiger partial charge in [0.25, 0.3) is 0 Å². The number of rotatable bonds is 1. The van der Waals surface area contributed by atoms with Crippen LogP contribution in [0.3, 0.4) is 0 Å². The van der Waals surface area contributed by atoms with Gasteiger partial charge in [0.2, 0.25) is 5.91 Å². The highest BCUT2D eigenvalue weighted by Gasteiger charge is 2.25. The highest BCUT2D eigenvalue weighted by molar-refractivity contribution is 5.80. The second-order valence-corrected chi connectivity index (χ2v) is 4.35. The summed E-state index contributed by atoms with van der Waals surface area (Å²) in [5, 5.41) is 5.25. The Morgan fingerprint density at radius 1 is 1.57 bits per heavy atom. The lowest BCUT2D eigenvalue weighted by Gasteiger charge is -2.21. The summed E-state index contributed by atoms with van der Waals surface area (Å²) in [4.78, 5) is 22.1. The normalized spacial score (nSPS) is 21.6. The SMILES string of the molecule is CC(C)(C)OC(=O)N[C@@H]1CNC(=O)C1. The number of alkyl carbamates (subject to hydrolysis) is 1. The van der Waals surface area contributed by atoms with Crippen molar-refractivity contribution in [2.75, 3.05) is 6.54 Å². The number of hydrogen-bond acceptors (Lipinski definition) is 3. The van der Waals surface area contributed by atoms with E-state index in [9.17, 15) is 9.59 Å². The van der Waals surface area contributed by atoms with Gasteiger partial charge in [-0.05, 0) is 20.8 Å². The van der Waals surface area contributed by atoms with Gasteiger partial charge in [0.05, 0.1) is 6.04 Å². The molecule has 1 aliphatic rings. The molecule has 0 aromatic heterocycles. The molecule has 0 aromatic rings. The molecular formula is C9H16N2O3. The van der Waals surface area contributed by atoms with Crippen molar-refractivity contribution in [1.29, 1.82) is 0 Å². The van der Waals surface area contributed by atoms with Gasteiger partial charge in [0.1, 0.15) is 5.60 Å². The number of hydrogen-bond donors (Lipinski definition) is 2. The summed E-state index contributed by atoms with van der Waals surface area (Å²) in [6.45, 7) is 5.87. The molecule has 0 saturated carbocycles. The molecular weight excluding hydrogens is 184 g/mol. The molecule has 0 aromatic carbocycles. The van der Waals surface area contributed by atoms with E-state index in [2.05, 4.69) is 10.6 Å². The van der Waals surface area contributed by atoms with E-state index in [0.29, 0.717) is 13.0 Å². The minimum Gasteiger partial charge on any atom is -0.444 e. The van der Waals surface area contributed by atoms with Crippen LogP contribution in [0.15, 0.2) is 0 Å². The van der Waals surface area contributed by atoms with E-state index in [4.69, 9.17) is 4.74 Å². The van der Waals surface area contributed by atoms with Crippen LogP contribution < -0.4 is 10.6 Å². The molecule has 0 radical (unpaired) electrons. The van der Waals surface area contributed by atoms with E-state index in [1.54, 1.807) is 20.8 Å². The van der Waals surface area contributed by atoms with Crippen LogP contribution in [0.1, 0.15) is 27.2 Å². The summed E-state index contributed by atoms with van der Waals surface area (Å²) in [5.74, 6) is -0.0361. The largest absolute Gasteiger partial charge is 0.444 e. The van der Waals surface area contributed by atoms with E-state index in [1.807, 2.05) is 0 Å². The molecule has 1 aliphatic heterocycles. The van der Waals surface area contributed by atoms with Gasteiger partial charge in [-0.1, -0.05) is 0 Å². The molecule has 2 amide bonds. The minimum absolute atomic E-state index is 0.0361. The van der Waals surface area contributed by atoms with Crippen molar-refractivity contribution in [1.82, 2.24) is 10.6 Å². The molecule has 1 fully saturated rings. The molecule has 2 N–H and O–H groups in total. The van der Waals surface area contributed by atoms with Gasteiger partial charge >= 0.3 is 6.09 Å². The first-order valence-corrected chi connectivity index (χ1v) is 4.63. The smallest absolute Gasteiger partial charge is 0.407 e. The summed E-state index contributed by atoms with van der Waals surface area (Å²) in [6.07, 6.45) is -0.141. The van der Waals surface area contributed by atoms with Crippen LogP contribution in [0.5, 0.6) is 0 Å². The predicted octanol–water partition coefficient (Wildman–Crippen LogP) is 0.400. The lowest BCUT2D eigenvalue weighted by Crippen LogP contribution is -2.40. The van der Waals surface area contributed by atoms with Crippen LogP contribution in [0.4, 0.5) is 4.79 Å². The molecule has 0 bridgehead atoms. The van der Waals surface area contributed by atoms with Gasteiger partial charge < -0.3 is 15.4 Å². The highest BCUT2D eigenvalue weighted by Crippen LogP contribution is 2.07. The lowest BCUT2D eigenvalue weighted by molar-refractivity contribution is -0.119. The molecule has 5 heteroatoms. The third-order valence-electron chi connectivity index (χ3n) is 1.70. The standard InChI is InChI=1S/C9H16N2O3/c1-9(2,3)14-8(13)11-6-4-7(12)10-5-6/h6H,4-5H2,1-3H3,(H,10,12)(H,11,13)/t6-/m0/s1. The number of nitrogens with one attached hydrogen (secondary N) is 2. The second kappa shape index (κ2) is 3.86. The summed E-state index contributed by atoms with van der Waals surface area (Å²) < 4.78 is 5.05. The van der Waals surface area contributed by atoms with E-state index in [1.165, 1.54) is 0 Å². The Morgan fingerprint density at radius 2 is 2.21 bits per heavy atom. The maximum absolute atomic E-state index is 11.2. The quantitative estimate of drug-likeness (QED) is 0.643. The van der Waals surface area contributed by atoms with E-state index in [0.717, 1.165) is 0 Å². The summed E-state index contributed by atoms with van der Waals surface area (Å²) >= 11 is 0. The summed E-state index contributed by atoms with van der Waals surface area (Å²) in [6, 6.07) is -0.141. The number of ether oxygens (including phenoxy) is 1. The molecule has 1 heterocycles. The molecule has 0 spiro atoms. The average Bonchev–Trinajstić information content (AvgIpc) is 2.30. The molecule has 1 atom stereocenters.